The molecule has 2 aromatic rings. The van der Waals surface area contributed by atoms with E-state index in [1.807, 2.05) is 0 Å². The molecule has 1 atom stereocenters. The minimum atomic E-state index is -3.86. The van der Waals surface area contributed by atoms with Crippen LogP contribution in [0.15, 0.2) is 39.6 Å². The van der Waals surface area contributed by atoms with E-state index in [1.54, 1.807) is 19.9 Å². The molecule has 140 valence electrons. The van der Waals surface area contributed by atoms with Crippen LogP contribution in [-0.4, -0.2) is 37.3 Å². The van der Waals surface area contributed by atoms with Crippen molar-refractivity contribution in [3.63, 3.8) is 0 Å². The first-order valence-corrected chi connectivity index (χ1v) is 9.36. The summed E-state index contributed by atoms with van der Waals surface area (Å²) in [7, 11) is -2.34. The maximum absolute atomic E-state index is 12.6. The molecule has 0 saturated carbocycles. The number of carbonyl (C=O) groups excluding carboxylic acids is 1. The summed E-state index contributed by atoms with van der Waals surface area (Å²) in [6.07, 6.45) is 0.338. The van der Waals surface area contributed by atoms with E-state index in [9.17, 15) is 23.1 Å². The summed E-state index contributed by atoms with van der Waals surface area (Å²) in [5.74, 6) is -1.55. The molecule has 0 spiro atoms. The molecule has 26 heavy (non-hydrogen) atoms. The second-order valence-corrected chi connectivity index (χ2v) is 7.38. The topological polar surface area (TPSA) is 131 Å². The van der Waals surface area contributed by atoms with Gasteiger partial charge in [-0.05, 0) is 24.6 Å². The standard InChI is InChI=1S/C17H20N2O6S/c1-4-14-13(17(21)22)9-15(25-14)16(20)19(3)10(2)11-6-5-7-12(8-11)26(18,23)24/h5-10H,4H2,1-3H3,(H,21,22)(H2,18,23,24). The number of benzene rings is 1. The predicted octanol–water partition coefficient (Wildman–Crippen LogP) is 2.02. The third-order valence-corrected chi connectivity index (χ3v) is 5.05. The molecule has 9 heteroatoms. The van der Waals surface area contributed by atoms with Crippen LogP contribution < -0.4 is 5.14 Å². The van der Waals surface area contributed by atoms with Gasteiger partial charge in [0.25, 0.3) is 5.91 Å². The Morgan fingerprint density at radius 3 is 2.46 bits per heavy atom. The van der Waals surface area contributed by atoms with E-state index in [4.69, 9.17) is 9.56 Å². The van der Waals surface area contributed by atoms with Crippen molar-refractivity contribution in [2.24, 2.45) is 5.14 Å². The van der Waals surface area contributed by atoms with E-state index < -0.39 is 27.9 Å². The summed E-state index contributed by atoms with van der Waals surface area (Å²) >= 11 is 0. The van der Waals surface area contributed by atoms with Gasteiger partial charge in [0.1, 0.15) is 11.3 Å². The fourth-order valence-corrected chi connectivity index (χ4v) is 3.07. The number of aryl methyl sites for hydroxylation is 1. The highest BCUT2D eigenvalue weighted by Crippen LogP contribution is 2.25. The largest absolute Gasteiger partial charge is 0.478 e. The van der Waals surface area contributed by atoms with E-state index >= 15 is 0 Å². The Bertz CT molecular complexity index is 948. The fraction of sp³-hybridized carbons (Fsp3) is 0.294. The monoisotopic (exact) mass is 380 g/mol. The molecule has 0 saturated heterocycles. The first-order chi connectivity index (χ1) is 12.1. The van der Waals surface area contributed by atoms with Crippen LogP contribution in [0.3, 0.4) is 0 Å². The van der Waals surface area contributed by atoms with Gasteiger partial charge in [0.15, 0.2) is 5.76 Å². The van der Waals surface area contributed by atoms with Crippen molar-refractivity contribution in [1.29, 1.82) is 0 Å². The normalized spacial score (nSPS) is 12.6. The van der Waals surface area contributed by atoms with Gasteiger partial charge in [-0.25, -0.2) is 18.4 Å². The molecule has 3 N–H and O–H groups in total. The minimum absolute atomic E-state index is 0.0480. The number of hydrogen-bond acceptors (Lipinski definition) is 5. The molecule has 0 radical (unpaired) electrons. The highest BCUT2D eigenvalue weighted by Gasteiger charge is 2.25. The Hall–Kier alpha value is -2.65. The quantitative estimate of drug-likeness (QED) is 0.788. The number of rotatable bonds is 6. The van der Waals surface area contributed by atoms with Gasteiger partial charge in [0.05, 0.1) is 10.9 Å². The van der Waals surface area contributed by atoms with Crippen LogP contribution in [0.4, 0.5) is 0 Å². The van der Waals surface area contributed by atoms with Crippen molar-refractivity contribution < 1.29 is 27.5 Å². The number of nitrogens with zero attached hydrogens (tertiary/aromatic N) is 1. The Morgan fingerprint density at radius 1 is 1.31 bits per heavy atom. The van der Waals surface area contributed by atoms with Crippen LogP contribution in [0.1, 0.15) is 52.1 Å². The lowest BCUT2D eigenvalue weighted by molar-refractivity contribution is 0.0689. The van der Waals surface area contributed by atoms with Crippen molar-refractivity contribution in [3.05, 3.63) is 53.0 Å². The average Bonchev–Trinajstić information content (AvgIpc) is 3.04. The first-order valence-electron chi connectivity index (χ1n) is 7.82. The summed E-state index contributed by atoms with van der Waals surface area (Å²) < 4.78 is 28.4. The van der Waals surface area contributed by atoms with Gasteiger partial charge < -0.3 is 14.4 Å². The summed E-state index contributed by atoms with van der Waals surface area (Å²) in [4.78, 5) is 25.1. The predicted molar refractivity (Wildman–Crippen MR) is 93.4 cm³/mol. The van der Waals surface area contributed by atoms with Gasteiger partial charge >= 0.3 is 5.97 Å². The molecule has 1 aromatic carbocycles. The van der Waals surface area contributed by atoms with Gasteiger partial charge in [0, 0.05) is 19.5 Å². The van der Waals surface area contributed by atoms with Crippen LogP contribution in [0, 0.1) is 0 Å². The summed E-state index contributed by atoms with van der Waals surface area (Å²) in [5, 5.41) is 14.3. The zero-order chi connectivity index (χ0) is 19.6. The minimum Gasteiger partial charge on any atom is -0.478 e. The van der Waals surface area contributed by atoms with E-state index in [0.717, 1.165) is 0 Å². The molecule has 2 rings (SSSR count). The Balaban J connectivity index is 2.32. The molecular weight excluding hydrogens is 360 g/mol. The van der Waals surface area contributed by atoms with E-state index in [-0.39, 0.29) is 22.0 Å². The molecule has 0 bridgehead atoms. The van der Waals surface area contributed by atoms with Crippen molar-refractivity contribution >= 4 is 21.9 Å². The van der Waals surface area contributed by atoms with Crippen molar-refractivity contribution in [1.82, 2.24) is 4.90 Å². The number of carboxylic acid groups (broad SMARTS) is 1. The Kier molecular flexibility index (Phi) is 5.53. The van der Waals surface area contributed by atoms with Crippen molar-refractivity contribution in [3.8, 4) is 0 Å². The van der Waals surface area contributed by atoms with Crippen LogP contribution >= 0.6 is 0 Å². The number of hydrogen-bond donors (Lipinski definition) is 2. The Morgan fingerprint density at radius 2 is 1.96 bits per heavy atom. The van der Waals surface area contributed by atoms with Crippen LogP contribution in [0.2, 0.25) is 0 Å². The maximum Gasteiger partial charge on any atom is 0.339 e. The zero-order valence-corrected chi connectivity index (χ0v) is 15.4. The number of sulfonamides is 1. The zero-order valence-electron chi connectivity index (χ0n) is 14.6. The molecule has 0 aliphatic rings. The molecule has 1 heterocycles. The highest BCUT2D eigenvalue weighted by molar-refractivity contribution is 7.89. The van der Waals surface area contributed by atoms with Gasteiger partial charge in [-0.3, -0.25) is 4.79 Å². The average molecular weight is 380 g/mol. The van der Waals surface area contributed by atoms with Gasteiger partial charge in [-0.15, -0.1) is 0 Å². The third-order valence-electron chi connectivity index (χ3n) is 4.14. The second kappa shape index (κ2) is 7.30. The van der Waals surface area contributed by atoms with Crippen LogP contribution in [-0.2, 0) is 16.4 Å². The van der Waals surface area contributed by atoms with Gasteiger partial charge in [0.2, 0.25) is 10.0 Å². The number of amides is 1. The third kappa shape index (κ3) is 3.94. The highest BCUT2D eigenvalue weighted by atomic mass is 32.2. The Labute approximate surface area is 151 Å². The lowest BCUT2D eigenvalue weighted by Crippen LogP contribution is -2.29. The lowest BCUT2D eigenvalue weighted by atomic mass is 10.1. The molecule has 0 fully saturated rings. The number of furan rings is 1. The molecule has 8 nitrogen and oxygen atoms in total. The first kappa shape index (κ1) is 19.7. The molecule has 1 unspecified atom stereocenters. The number of aromatic carboxylic acids is 1. The summed E-state index contributed by atoms with van der Waals surface area (Å²) in [5.41, 5.74) is 0.515. The number of nitrogens with two attached hydrogens (primary N) is 1. The SMILES string of the molecule is CCc1oc(C(=O)N(C)C(C)c2cccc(S(N)(=O)=O)c2)cc1C(=O)O. The summed E-state index contributed by atoms with van der Waals surface area (Å²) in [6, 6.07) is 6.68. The van der Waals surface area contributed by atoms with E-state index in [2.05, 4.69) is 0 Å². The maximum atomic E-state index is 12.6. The van der Waals surface area contributed by atoms with Crippen LogP contribution in [0.5, 0.6) is 0 Å². The molecule has 1 amide bonds. The molecule has 0 aliphatic carbocycles. The lowest BCUT2D eigenvalue weighted by Gasteiger charge is -2.24. The smallest absolute Gasteiger partial charge is 0.339 e. The molecule has 0 aliphatic heterocycles. The van der Waals surface area contributed by atoms with Crippen molar-refractivity contribution in [2.75, 3.05) is 7.05 Å². The molecule has 1 aromatic heterocycles. The fourth-order valence-electron chi connectivity index (χ4n) is 2.50. The van der Waals surface area contributed by atoms with E-state index in [1.165, 1.54) is 36.2 Å². The number of primary sulfonamides is 1. The molecular formula is C17H20N2O6S. The van der Waals surface area contributed by atoms with E-state index in [0.29, 0.717) is 12.0 Å². The van der Waals surface area contributed by atoms with Crippen LogP contribution in [0.25, 0.3) is 0 Å². The summed E-state index contributed by atoms with van der Waals surface area (Å²) in [6.45, 7) is 3.44. The number of carbonyl (C=O) groups is 2. The van der Waals surface area contributed by atoms with Gasteiger partial charge in [-0.2, -0.15) is 0 Å². The van der Waals surface area contributed by atoms with Crippen molar-refractivity contribution in [2.45, 2.75) is 31.2 Å². The van der Waals surface area contributed by atoms with Gasteiger partial charge in [-0.1, -0.05) is 19.1 Å². The number of carboxylic acids is 1. The second-order valence-electron chi connectivity index (χ2n) is 5.82.